The molecule has 0 saturated heterocycles. The van der Waals surface area contributed by atoms with Crippen LogP contribution in [0.15, 0.2) is 23.0 Å². The molecule has 2 aromatic heterocycles. The van der Waals surface area contributed by atoms with Crippen LogP contribution in [0.1, 0.15) is 34.3 Å². The van der Waals surface area contributed by atoms with Crippen LogP contribution < -0.4 is 10.9 Å². The third kappa shape index (κ3) is 4.09. The first-order valence-electron chi connectivity index (χ1n) is 8.75. The Balaban J connectivity index is 1.70. The summed E-state index contributed by atoms with van der Waals surface area (Å²) in [6.45, 7) is 9.77. The van der Waals surface area contributed by atoms with Gasteiger partial charge < -0.3 is 10.3 Å². The van der Waals surface area contributed by atoms with Crippen molar-refractivity contribution in [3.05, 3.63) is 55.9 Å². The number of aromatic amines is 1. The van der Waals surface area contributed by atoms with E-state index in [0.717, 1.165) is 32.1 Å². The molecular weight excluding hydrogens is 378 g/mol. The average Bonchev–Trinajstić information content (AvgIpc) is 2.90. The molecule has 2 heterocycles. The minimum absolute atomic E-state index is 0.0522. The van der Waals surface area contributed by atoms with Gasteiger partial charge in [-0.2, -0.15) is 0 Å². The zero-order valence-electron chi connectivity index (χ0n) is 16.1. The van der Waals surface area contributed by atoms with Gasteiger partial charge in [0.25, 0.3) is 5.56 Å². The number of amides is 1. The summed E-state index contributed by atoms with van der Waals surface area (Å²) in [5.41, 5.74) is 3.84. The highest BCUT2D eigenvalue weighted by Gasteiger charge is 2.17. The summed E-state index contributed by atoms with van der Waals surface area (Å²) < 4.78 is 0. The van der Waals surface area contributed by atoms with E-state index in [0.29, 0.717) is 17.0 Å². The van der Waals surface area contributed by atoms with Crippen LogP contribution in [-0.2, 0) is 10.5 Å². The van der Waals surface area contributed by atoms with E-state index < -0.39 is 0 Å². The van der Waals surface area contributed by atoms with Gasteiger partial charge in [0.15, 0.2) is 0 Å². The maximum atomic E-state index is 12.5. The number of thioether (sulfide) groups is 1. The number of hydrogen-bond donors (Lipinski definition) is 2. The summed E-state index contributed by atoms with van der Waals surface area (Å²) in [5, 5.41) is 3.42. The van der Waals surface area contributed by atoms with Gasteiger partial charge in [-0.25, -0.2) is 4.98 Å². The van der Waals surface area contributed by atoms with Gasteiger partial charge in [0, 0.05) is 10.6 Å². The van der Waals surface area contributed by atoms with Crippen LogP contribution in [0, 0.1) is 27.7 Å². The molecule has 27 heavy (non-hydrogen) atoms. The maximum absolute atomic E-state index is 12.5. The largest absolute Gasteiger partial charge is 0.325 e. The predicted molar refractivity (Wildman–Crippen MR) is 115 cm³/mol. The highest BCUT2D eigenvalue weighted by Crippen LogP contribution is 2.27. The fourth-order valence-electron chi connectivity index (χ4n) is 2.88. The standard InChI is InChI=1S/C20H23N3O2S2/c1-10-7-6-8-11(2)17(10)23-18(24)14(5)26-9-15-21-19(25)16-12(3)13(4)27-20(16)22-15/h6-8,14H,9H2,1-5H3,(H,23,24)(H,21,22,25). The Kier molecular flexibility index (Phi) is 5.72. The van der Waals surface area contributed by atoms with E-state index in [1.807, 2.05) is 52.8 Å². The van der Waals surface area contributed by atoms with Crippen LogP contribution in [0.3, 0.4) is 0 Å². The Hall–Kier alpha value is -2.12. The number of nitrogens with one attached hydrogen (secondary N) is 2. The molecule has 1 amide bonds. The van der Waals surface area contributed by atoms with Crippen molar-refractivity contribution >= 4 is 44.9 Å². The monoisotopic (exact) mass is 401 g/mol. The third-order valence-corrected chi connectivity index (χ3v) is 6.91. The summed E-state index contributed by atoms with van der Waals surface area (Å²) in [5.74, 6) is 1.02. The summed E-state index contributed by atoms with van der Waals surface area (Å²) in [6.07, 6.45) is 0. The SMILES string of the molecule is Cc1cccc(C)c1NC(=O)C(C)SCc1nc2sc(C)c(C)c2c(=O)[nH]1. The van der Waals surface area contributed by atoms with Gasteiger partial charge in [0.2, 0.25) is 5.91 Å². The second-order valence-electron chi connectivity index (χ2n) is 6.69. The Morgan fingerprint density at radius 1 is 1.26 bits per heavy atom. The summed E-state index contributed by atoms with van der Waals surface area (Å²) >= 11 is 2.99. The molecule has 0 bridgehead atoms. The Morgan fingerprint density at radius 2 is 1.93 bits per heavy atom. The summed E-state index contributed by atoms with van der Waals surface area (Å²) in [6, 6.07) is 5.94. The molecule has 0 saturated carbocycles. The number of fused-ring (bicyclic) bond motifs is 1. The van der Waals surface area contributed by atoms with E-state index in [4.69, 9.17) is 0 Å². The molecule has 2 N–H and O–H groups in total. The van der Waals surface area contributed by atoms with E-state index in [2.05, 4.69) is 15.3 Å². The van der Waals surface area contributed by atoms with Crippen molar-refractivity contribution in [3.8, 4) is 0 Å². The second kappa shape index (κ2) is 7.86. The second-order valence-corrected chi connectivity index (χ2v) is 9.22. The van der Waals surface area contributed by atoms with Gasteiger partial charge in [-0.3, -0.25) is 9.59 Å². The number of aryl methyl sites for hydroxylation is 4. The number of hydrogen-bond acceptors (Lipinski definition) is 5. The Morgan fingerprint density at radius 3 is 2.59 bits per heavy atom. The van der Waals surface area contributed by atoms with Crippen molar-refractivity contribution < 1.29 is 4.79 Å². The molecule has 0 radical (unpaired) electrons. The molecule has 3 aromatic rings. The van der Waals surface area contributed by atoms with Crippen LogP contribution in [0.4, 0.5) is 5.69 Å². The third-order valence-electron chi connectivity index (χ3n) is 4.66. The molecule has 0 aliphatic carbocycles. The molecule has 0 fully saturated rings. The van der Waals surface area contributed by atoms with Crippen LogP contribution in [0.5, 0.6) is 0 Å². The van der Waals surface area contributed by atoms with Crippen molar-refractivity contribution in [2.24, 2.45) is 0 Å². The van der Waals surface area contributed by atoms with Gasteiger partial charge in [-0.05, 0) is 51.3 Å². The number of H-pyrrole nitrogens is 1. The van der Waals surface area contributed by atoms with Gasteiger partial charge in [-0.15, -0.1) is 23.1 Å². The number of rotatable bonds is 5. The van der Waals surface area contributed by atoms with Crippen molar-refractivity contribution in [1.29, 1.82) is 0 Å². The average molecular weight is 402 g/mol. The van der Waals surface area contributed by atoms with Crippen molar-refractivity contribution in [3.63, 3.8) is 0 Å². The van der Waals surface area contributed by atoms with Crippen molar-refractivity contribution in [1.82, 2.24) is 9.97 Å². The van der Waals surface area contributed by atoms with E-state index >= 15 is 0 Å². The lowest BCUT2D eigenvalue weighted by atomic mass is 10.1. The number of nitrogens with zero attached hydrogens (tertiary/aromatic N) is 1. The molecule has 0 aliphatic rings. The first kappa shape index (κ1) is 19.6. The van der Waals surface area contributed by atoms with Crippen molar-refractivity contribution in [2.45, 2.75) is 45.6 Å². The minimum atomic E-state index is -0.267. The molecular formula is C20H23N3O2S2. The lowest BCUT2D eigenvalue weighted by Gasteiger charge is -2.15. The molecule has 1 atom stereocenters. The zero-order chi connectivity index (χ0) is 19.7. The first-order valence-corrected chi connectivity index (χ1v) is 10.6. The molecule has 7 heteroatoms. The van der Waals surface area contributed by atoms with Gasteiger partial charge in [-0.1, -0.05) is 18.2 Å². The molecule has 1 unspecified atom stereocenters. The molecule has 0 spiro atoms. The van der Waals surface area contributed by atoms with Crippen LogP contribution in [0.25, 0.3) is 10.2 Å². The topological polar surface area (TPSA) is 74.8 Å². The number of aromatic nitrogens is 2. The molecule has 1 aromatic carbocycles. The van der Waals surface area contributed by atoms with E-state index in [9.17, 15) is 9.59 Å². The maximum Gasteiger partial charge on any atom is 0.259 e. The first-order chi connectivity index (χ1) is 12.8. The van der Waals surface area contributed by atoms with Crippen LogP contribution in [0.2, 0.25) is 0 Å². The lowest BCUT2D eigenvalue weighted by Crippen LogP contribution is -2.24. The molecule has 142 valence electrons. The highest BCUT2D eigenvalue weighted by atomic mass is 32.2. The van der Waals surface area contributed by atoms with E-state index in [1.165, 1.54) is 23.1 Å². The normalized spacial score (nSPS) is 12.3. The van der Waals surface area contributed by atoms with Gasteiger partial charge >= 0.3 is 0 Å². The van der Waals surface area contributed by atoms with E-state index in [1.54, 1.807) is 0 Å². The lowest BCUT2D eigenvalue weighted by molar-refractivity contribution is -0.115. The quantitative estimate of drug-likeness (QED) is 0.661. The number of para-hydroxylation sites is 1. The fraction of sp³-hybridized carbons (Fsp3) is 0.350. The smallest absolute Gasteiger partial charge is 0.259 e. The van der Waals surface area contributed by atoms with Crippen LogP contribution in [-0.4, -0.2) is 21.1 Å². The fourth-order valence-corrected chi connectivity index (χ4v) is 4.69. The minimum Gasteiger partial charge on any atom is -0.325 e. The summed E-state index contributed by atoms with van der Waals surface area (Å²) in [7, 11) is 0. The number of benzene rings is 1. The number of carbonyl (C=O) groups excluding carboxylic acids is 1. The molecule has 0 aliphatic heterocycles. The van der Waals surface area contributed by atoms with Gasteiger partial charge in [0.1, 0.15) is 10.7 Å². The zero-order valence-corrected chi connectivity index (χ0v) is 17.7. The van der Waals surface area contributed by atoms with Crippen LogP contribution >= 0.6 is 23.1 Å². The number of thiophene rings is 1. The Bertz CT molecular complexity index is 1050. The molecule has 3 rings (SSSR count). The Labute approximate surface area is 166 Å². The predicted octanol–water partition coefficient (Wildman–Crippen LogP) is 4.48. The number of carbonyl (C=O) groups is 1. The number of anilines is 1. The van der Waals surface area contributed by atoms with Gasteiger partial charge in [0.05, 0.1) is 16.4 Å². The molecule has 5 nitrogen and oxygen atoms in total. The van der Waals surface area contributed by atoms with E-state index in [-0.39, 0.29) is 16.7 Å². The van der Waals surface area contributed by atoms with Crippen molar-refractivity contribution in [2.75, 3.05) is 5.32 Å². The highest BCUT2D eigenvalue weighted by molar-refractivity contribution is 7.99. The summed E-state index contributed by atoms with van der Waals surface area (Å²) in [4.78, 5) is 34.2.